The van der Waals surface area contributed by atoms with Gasteiger partial charge in [0.2, 0.25) is 5.91 Å². The molecule has 1 aliphatic heterocycles. The second-order valence-corrected chi connectivity index (χ2v) is 9.90. The van der Waals surface area contributed by atoms with Crippen molar-refractivity contribution in [2.24, 2.45) is 5.92 Å². The molecule has 5 nitrogen and oxygen atoms in total. The van der Waals surface area contributed by atoms with Gasteiger partial charge in [-0.3, -0.25) is 4.79 Å². The molecule has 1 saturated heterocycles. The highest BCUT2D eigenvalue weighted by molar-refractivity contribution is 7.91. The minimum Gasteiger partial charge on any atom is -0.324 e. The van der Waals surface area contributed by atoms with Crippen molar-refractivity contribution in [1.82, 2.24) is 4.31 Å². The van der Waals surface area contributed by atoms with Gasteiger partial charge in [0.25, 0.3) is 10.0 Å². The van der Waals surface area contributed by atoms with E-state index in [0.717, 1.165) is 4.88 Å². The van der Waals surface area contributed by atoms with E-state index in [4.69, 9.17) is 11.6 Å². The maximum absolute atomic E-state index is 12.8. The highest BCUT2D eigenvalue weighted by atomic mass is 35.5. The SMILES string of the molecule is Cc1ccc(S(=O)(=O)N2CCCC(C(=O)Nc3ccccc3Cl)C2)s1. The lowest BCUT2D eigenvalue weighted by Gasteiger charge is -2.30. The second-order valence-electron chi connectivity index (χ2n) is 6.04. The molecule has 1 amide bonds. The summed E-state index contributed by atoms with van der Waals surface area (Å²) < 4.78 is 27.3. The van der Waals surface area contributed by atoms with E-state index >= 15 is 0 Å². The van der Waals surface area contributed by atoms with E-state index in [1.54, 1.807) is 36.4 Å². The van der Waals surface area contributed by atoms with E-state index in [1.807, 2.05) is 6.92 Å². The quantitative estimate of drug-likeness (QED) is 0.852. The fraction of sp³-hybridized carbons (Fsp3) is 0.353. The van der Waals surface area contributed by atoms with Crippen LogP contribution in [0, 0.1) is 12.8 Å². The Bertz CT molecular complexity index is 880. The number of sulfonamides is 1. The van der Waals surface area contributed by atoms with Crippen molar-refractivity contribution in [2.45, 2.75) is 24.0 Å². The van der Waals surface area contributed by atoms with Crippen LogP contribution in [0.5, 0.6) is 0 Å². The zero-order chi connectivity index (χ0) is 18.0. The number of anilines is 1. The molecule has 1 unspecified atom stereocenters. The van der Waals surface area contributed by atoms with Crippen molar-refractivity contribution in [3.63, 3.8) is 0 Å². The van der Waals surface area contributed by atoms with Crippen LogP contribution in [0.1, 0.15) is 17.7 Å². The van der Waals surface area contributed by atoms with Gasteiger partial charge in [-0.1, -0.05) is 23.7 Å². The lowest BCUT2D eigenvalue weighted by atomic mass is 9.99. The van der Waals surface area contributed by atoms with Gasteiger partial charge < -0.3 is 5.32 Å². The Morgan fingerprint density at radius 3 is 2.72 bits per heavy atom. The summed E-state index contributed by atoms with van der Waals surface area (Å²) in [5.74, 6) is -0.587. The molecule has 0 bridgehead atoms. The van der Waals surface area contributed by atoms with Gasteiger partial charge in [-0.2, -0.15) is 4.31 Å². The summed E-state index contributed by atoms with van der Waals surface area (Å²) in [6, 6.07) is 10.4. The molecule has 1 N–H and O–H groups in total. The number of carbonyl (C=O) groups excluding carboxylic acids is 1. The van der Waals surface area contributed by atoms with Crippen LogP contribution < -0.4 is 5.32 Å². The van der Waals surface area contributed by atoms with Crippen LogP contribution in [0.25, 0.3) is 0 Å². The molecule has 134 valence electrons. The number of nitrogens with zero attached hydrogens (tertiary/aromatic N) is 1. The average molecular weight is 399 g/mol. The summed E-state index contributed by atoms with van der Waals surface area (Å²) in [4.78, 5) is 13.5. The van der Waals surface area contributed by atoms with E-state index in [0.29, 0.717) is 34.3 Å². The maximum Gasteiger partial charge on any atom is 0.252 e. The molecular formula is C17H19ClN2O3S2. The number of nitrogens with one attached hydrogen (secondary N) is 1. The highest BCUT2D eigenvalue weighted by Gasteiger charge is 2.34. The van der Waals surface area contributed by atoms with Gasteiger partial charge >= 0.3 is 0 Å². The number of carbonyl (C=O) groups is 1. The summed E-state index contributed by atoms with van der Waals surface area (Å²) in [6.45, 7) is 2.50. The van der Waals surface area contributed by atoms with Gasteiger partial charge in [-0.15, -0.1) is 11.3 Å². The van der Waals surface area contributed by atoms with Crippen LogP contribution in [0.4, 0.5) is 5.69 Å². The third-order valence-corrected chi connectivity index (χ3v) is 7.86. The molecule has 1 aromatic carbocycles. The van der Waals surface area contributed by atoms with Crippen LogP contribution in [0.15, 0.2) is 40.6 Å². The van der Waals surface area contributed by atoms with Crippen molar-refractivity contribution < 1.29 is 13.2 Å². The van der Waals surface area contributed by atoms with Gasteiger partial charge in [0.05, 0.1) is 16.6 Å². The molecule has 3 rings (SSSR count). The van der Waals surface area contributed by atoms with E-state index in [9.17, 15) is 13.2 Å². The average Bonchev–Trinajstić information content (AvgIpc) is 3.04. The predicted octanol–water partition coefficient (Wildman–Crippen LogP) is 3.75. The molecule has 0 radical (unpaired) electrons. The van der Waals surface area contributed by atoms with Crippen molar-refractivity contribution in [3.8, 4) is 0 Å². The lowest BCUT2D eigenvalue weighted by Crippen LogP contribution is -2.43. The predicted molar refractivity (Wildman–Crippen MR) is 101 cm³/mol. The molecule has 1 atom stereocenters. The first-order chi connectivity index (χ1) is 11.9. The van der Waals surface area contributed by atoms with E-state index in [2.05, 4.69) is 5.32 Å². The topological polar surface area (TPSA) is 66.5 Å². The first kappa shape index (κ1) is 18.4. The number of para-hydroxylation sites is 1. The van der Waals surface area contributed by atoms with Crippen LogP contribution in [-0.4, -0.2) is 31.7 Å². The van der Waals surface area contributed by atoms with Crippen molar-refractivity contribution in [1.29, 1.82) is 0 Å². The van der Waals surface area contributed by atoms with Crippen LogP contribution in [0.2, 0.25) is 5.02 Å². The number of hydrogen-bond acceptors (Lipinski definition) is 4. The molecular weight excluding hydrogens is 380 g/mol. The largest absolute Gasteiger partial charge is 0.324 e. The number of rotatable bonds is 4. The zero-order valence-electron chi connectivity index (χ0n) is 13.7. The summed E-state index contributed by atoms with van der Waals surface area (Å²) in [6.07, 6.45) is 1.32. The number of piperidine rings is 1. The molecule has 8 heteroatoms. The van der Waals surface area contributed by atoms with Gasteiger partial charge in [0.15, 0.2) is 0 Å². The smallest absolute Gasteiger partial charge is 0.252 e. The molecule has 0 aliphatic carbocycles. The summed E-state index contributed by atoms with van der Waals surface area (Å²) in [5, 5.41) is 3.27. The molecule has 0 saturated carbocycles. The van der Waals surface area contributed by atoms with Crippen molar-refractivity contribution in [3.05, 3.63) is 46.3 Å². The number of benzene rings is 1. The number of hydrogen-bond donors (Lipinski definition) is 1. The number of halogens is 1. The van der Waals surface area contributed by atoms with Gasteiger partial charge in [-0.25, -0.2) is 8.42 Å². The third-order valence-electron chi connectivity index (χ3n) is 4.20. The summed E-state index contributed by atoms with van der Waals surface area (Å²) >= 11 is 7.33. The fourth-order valence-electron chi connectivity index (χ4n) is 2.85. The number of aryl methyl sites for hydroxylation is 1. The molecule has 1 fully saturated rings. The van der Waals surface area contributed by atoms with Crippen LogP contribution in [0.3, 0.4) is 0 Å². The molecule has 2 heterocycles. The normalized spacial score (nSPS) is 18.9. The molecule has 1 aliphatic rings. The molecule has 2 aromatic rings. The fourth-order valence-corrected chi connectivity index (χ4v) is 5.99. The Labute approximate surface area is 156 Å². The van der Waals surface area contributed by atoms with E-state index < -0.39 is 10.0 Å². The minimum atomic E-state index is -3.54. The van der Waals surface area contributed by atoms with Crippen molar-refractivity contribution in [2.75, 3.05) is 18.4 Å². The first-order valence-electron chi connectivity index (χ1n) is 8.00. The standard InChI is InChI=1S/C17H19ClN2O3S2/c1-12-8-9-16(24-12)25(22,23)20-10-4-5-13(11-20)17(21)19-15-7-3-2-6-14(15)18/h2-3,6-9,13H,4-5,10-11H2,1H3,(H,19,21). The molecule has 25 heavy (non-hydrogen) atoms. The second kappa shape index (κ2) is 7.45. The lowest BCUT2D eigenvalue weighted by molar-refractivity contribution is -0.120. The number of amides is 1. The van der Waals surface area contributed by atoms with Gasteiger partial charge in [0, 0.05) is 18.0 Å². The third kappa shape index (κ3) is 4.06. The van der Waals surface area contributed by atoms with Crippen LogP contribution in [-0.2, 0) is 14.8 Å². The maximum atomic E-state index is 12.8. The van der Waals surface area contributed by atoms with Gasteiger partial charge in [-0.05, 0) is 44.0 Å². The first-order valence-corrected chi connectivity index (χ1v) is 10.6. The summed E-state index contributed by atoms with van der Waals surface area (Å²) in [5.41, 5.74) is 0.544. The van der Waals surface area contributed by atoms with Crippen LogP contribution >= 0.6 is 22.9 Å². The van der Waals surface area contributed by atoms with E-state index in [1.165, 1.54) is 15.6 Å². The van der Waals surface area contributed by atoms with Crippen molar-refractivity contribution >= 4 is 44.6 Å². The highest BCUT2D eigenvalue weighted by Crippen LogP contribution is 2.29. The zero-order valence-corrected chi connectivity index (χ0v) is 16.1. The molecule has 0 spiro atoms. The van der Waals surface area contributed by atoms with Gasteiger partial charge in [0.1, 0.15) is 4.21 Å². The Balaban J connectivity index is 1.73. The Morgan fingerprint density at radius 1 is 1.28 bits per heavy atom. The minimum absolute atomic E-state index is 0.190. The number of thiophene rings is 1. The molecule has 1 aromatic heterocycles. The monoisotopic (exact) mass is 398 g/mol. The Kier molecular flexibility index (Phi) is 5.48. The van der Waals surface area contributed by atoms with E-state index in [-0.39, 0.29) is 18.4 Å². The summed E-state index contributed by atoms with van der Waals surface area (Å²) in [7, 11) is -3.54. The Morgan fingerprint density at radius 2 is 2.04 bits per heavy atom. The Hall–Kier alpha value is -1.41.